The Balaban J connectivity index is 1.70. The molecule has 2 aliphatic rings. The van der Waals surface area contributed by atoms with Crippen LogP contribution in [0.4, 0.5) is 0 Å². The molecule has 4 heteroatoms. The average Bonchev–Trinajstić information content (AvgIpc) is 3.09. The molecule has 0 amide bonds. The highest BCUT2D eigenvalue weighted by Gasteiger charge is 2.26. The molecule has 38 heavy (non-hydrogen) atoms. The van der Waals surface area contributed by atoms with Crippen LogP contribution in [-0.4, -0.2) is 4.89 Å². The predicted octanol–water partition coefficient (Wildman–Crippen LogP) is 9.75. The minimum absolute atomic E-state index is 0.788. The fourth-order valence-corrected chi connectivity index (χ4v) is 7.29. The number of hydrogen-bond acceptors (Lipinski definition) is 3. The molecule has 1 aromatic heterocycles. The van der Waals surface area contributed by atoms with Gasteiger partial charge in [-0.2, -0.15) is 0 Å². The summed E-state index contributed by atoms with van der Waals surface area (Å²) >= 11 is 0. The average molecular weight is 521 g/mol. The minimum atomic E-state index is -2.14. The summed E-state index contributed by atoms with van der Waals surface area (Å²) in [6.45, 7) is 4.23. The molecule has 0 unspecified atom stereocenters. The van der Waals surface area contributed by atoms with Crippen LogP contribution >= 0.6 is 8.24 Å². The van der Waals surface area contributed by atoms with Crippen LogP contribution in [0.2, 0.25) is 0 Å². The van der Waals surface area contributed by atoms with E-state index >= 15 is 0 Å². The molecule has 0 aliphatic heterocycles. The van der Waals surface area contributed by atoms with Gasteiger partial charge in [0.2, 0.25) is 0 Å². The van der Waals surface area contributed by atoms with Crippen molar-refractivity contribution in [3.05, 3.63) is 94.0 Å². The highest BCUT2D eigenvalue weighted by molar-refractivity contribution is 7.30. The Hall–Kier alpha value is -3.26. The highest BCUT2D eigenvalue weighted by Crippen LogP contribution is 2.47. The van der Waals surface area contributed by atoms with Crippen LogP contribution in [0.1, 0.15) is 59.1 Å². The van der Waals surface area contributed by atoms with Crippen molar-refractivity contribution >= 4 is 30.2 Å². The van der Waals surface area contributed by atoms with Crippen LogP contribution in [0, 0.1) is 13.8 Å². The Labute approximate surface area is 224 Å². The van der Waals surface area contributed by atoms with Gasteiger partial charge in [-0.1, -0.05) is 59.7 Å². The molecule has 2 aliphatic carbocycles. The van der Waals surface area contributed by atoms with Crippen molar-refractivity contribution in [2.75, 3.05) is 0 Å². The van der Waals surface area contributed by atoms with Gasteiger partial charge in [0.1, 0.15) is 0 Å². The van der Waals surface area contributed by atoms with Crippen LogP contribution in [0.15, 0.2) is 69.1 Å². The summed E-state index contributed by atoms with van der Waals surface area (Å²) in [5.41, 5.74) is 14.0. The maximum Gasteiger partial charge on any atom is 0.384 e. The molecule has 1 N–H and O–H groups in total. The Morgan fingerprint density at radius 3 is 1.39 bits per heavy atom. The largest absolute Gasteiger partial charge is 0.398 e. The van der Waals surface area contributed by atoms with E-state index in [1.165, 1.54) is 69.8 Å². The third-order valence-corrected chi connectivity index (χ3v) is 9.20. The molecule has 5 aromatic rings. The van der Waals surface area contributed by atoms with E-state index in [-0.39, 0.29) is 0 Å². The quantitative estimate of drug-likeness (QED) is 0.252. The number of benzene rings is 4. The summed E-state index contributed by atoms with van der Waals surface area (Å²) in [7, 11) is -2.14. The lowest BCUT2D eigenvalue weighted by molar-refractivity contribution is 0.496. The van der Waals surface area contributed by atoms with E-state index < -0.39 is 8.24 Å². The van der Waals surface area contributed by atoms with Crippen molar-refractivity contribution < 1.29 is 13.3 Å². The molecule has 0 radical (unpaired) electrons. The zero-order valence-electron chi connectivity index (χ0n) is 22.1. The molecule has 3 nitrogen and oxygen atoms in total. The second-order valence-corrected chi connectivity index (χ2v) is 11.9. The van der Waals surface area contributed by atoms with Gasteiger partial charge in [0.05, 0.1) is 0 Å². The highest BCUT2D eigenvalue weighted by atomic mass is 31.1. The summed E-state index contributed by atoms with van der Waals surface area (Å²) < 4.78 is 12.8. The molecule has 7 rings (SSSR count). The molecule has 0 fully saturated rings. The van der Waals surface area contributed by atoms with Crippen molar-refractivity contribution in [2.24, 2.45) is 0 Å². The van der Waals surface area contributed by atoms with E-state index in [0.717, 1.165) is 59.1 Å². The predicted molar refractivity (Wildman–Crippen MR) is 158 cm³/mol. The summed E-state index contributed by atoms with van der Waals surface area (Å²) in [6, 6.07) is 22.0. The Morgan fingerprint density at radius 2 is 0.974 bits per heavy atom. The zero-order valence-corrected chi connectivity index (χ0v) is 23.0. The molecular formula is C34H33O3P. The topological polar surface area (TPSA) is 46.5 Å². The van der Waals surface area contributed by atoms with Gasteiger partial charge < -0.3 is 8.39 Å². The third-order valence-electron chi connectivity index (χ3n) is 8.52. The van der Waals surface area contributed by atoms with E-state index in [0.29, 0.717) is 0 Å². The van der Waals surface area contributed by atoms with Crippen molar-refractivity contribution in [3.63, 3.8) is 0 Å². The van der Waals surface area contributed by atoms with Gasteiger partial charge >= 0.3 is 8.24 Å². The van der Waals surface area contributed by atoms with Gasteiger partial charge in [0.15, 0.2) is 11.2 Å². The van der Waals surface area contributed by atoms with Crippen molar-refractivity contribution in [1.82, 2.24) is 0 Å². The summed E-state index contributed by atoms with van der Waals surface area (Å²) in [5, 5.41) is 2.33. The molecule has 4 aromatic carbocycles. The fourth-order valence-electron chi connectivity index (χ4n) is 6.56. The standard InChI is InChI=1S/C34H33O3P/c1-21-11-15-23(16-12-21)29-19-25-7-3-5-9-27(25)31-32-28-10-6-4-8-26(28)20-30(24-17-13-22(2)14-18-24)34(32)37-38(35)36-33(29)31/h11-20,35H,3-10H2,1-2H3. The van der Waals surface area contributed by atoms with Crippen LogP contribution in [0.5, 0.6) is 0 Å². The molecule has 0 bridgehead atoms. The van der Waals surface area contributed by atoms with Gasteiger partial charge in [-0.3, -0.25) is 4.89 Å². The third kappa shape index (κ3) is 4.01. The maximum absolute atomic E-state index is 11.2. The number of rotatable bonds is 2. The molecule has 0 saturated carbocycles. The van der Waals surface area contributed by atoms with E-state index in [1.54, 1.807) is 0 Å². The second-order valence-electron chi connectivity index (χ2n) is 11.1. The van der Waals surface area contributed by atoms with Crippen molar-refractivity contribution in [1.29, 1.82) is 0 Å². The van der Waals surface area contributed by atoms with Crippen molar-refractivity contribution in [3.8, 4) is 22.3 Å². The zero-order chi connectivity index (χ0) is 25.8. The van der Waals surface area contributed by atoms with E-state index in [4.69, 9.17) is 8.39 Å². The number of fused-ring (bicyclic) bond motifs is 7. The number of hydrogen-bond donors (Lipinski definition) is 1. The molecule has 1 heterocycles. The van der Waals surface area contributed by atoms with Crippen molar-refractivity contribution in [2.45, 2.75) is 65.2 Å². The molecule has 0 saturated heterocycles. The first-order chi connectivity index (χ1) is 18.6. The van der Waals surface area contributed by atoms with Crippen LogP contribution in [0.25, 0.3) is 44.2 Å². The first-order valence-electron chi connectivity index (χ1n) is 13.9. The molecule has 0 spiro atoms. The van der Waals surface area contributed by atoms with E-state index in [9.17, 15) is 4.89 Å². The summed E-state index contributed by atoms with van der Waals surface area (Å²) in [6.07, 6.45) is 8.97. The van der Waals surface area contributed by atoms with Gasteiger partial charge in [-0.15, -0.1) is 0 Å². The van der Waals surface area contributed by atoms with Crippen LogP contribution in [0.3, 0.4) is 0 Å². The minimum Gasteiger partial charge on any atom is -0.398 e. The van der Waals surface area contributed by atoms with Gasteiger partial charge in [0, 0.05) is 21.9 Å². The molecule has 0 atom stereocenters. The lowest BCUT2D eigenvalue weighted by Crippen LogP contribution is -2.07. The summed E-state index contributed by atoms with van der Waals surface area (Å²) in [4.78, 5) is 11.2. The second kappa shape index (κ2) is 9.49. The van der Waals surface area contributed by atoms with Crippen LogP contribution in [-0.2, 0) is 25.7 Å². The summed E-state index contributed by atoms with van der Waals surface area (Å²) in [5.74, 6) is 0. The molecular weight excluding hydrogens is 487 g/mol. The fraction of sp³-hybridized carbons (Fsp3) is 0.294. The monoisotopic (exact) mass is 520 g/mol. The van der Waals surface area contributed by atoms with Gasteiger partial charge in [-0.05, 0) is 111 Å². The maximum atomic E-state index is 11.2. The SMILES string of the molecule is Cc1ccc(-c2cc3c(c4c2op(O)oc2c(-c5ccc(C)cc5)cc5c(c24)CCCC5)CCCC3)cc1. The van der Waals surface area contributed by atoms with Gasteiger partial charge in [-0.25, -0.2) is 0 Å². The first-order valence-corrected chi connectivity index (χ1v) is 15.1. The van der Waals surface area contributed by atoms with E-state index in [2.05, 4.69) is 74.5 Å². The first kappa shape index (κ1) is 23.8. The van der Waals surface area contributed by atoms with Gasteiger partial charge in [0.25, 0.3) is 0 Å². The van der Waals surface area contributed by atoms with Crippen LogP contribution < -0.4 is 0 Å². The Bertz CT molecular complexity index is 1600. The smallest absolute Gasteiger partial charge is 0.384 e. The van der Waals surface area contributed by atoms with E-state index in [1.807, 2.05) is 0 Å². The normalized spacial score (nSPS) is 14.9. The molecule has 192 valence electrons. The Morgan fingerprint density at radius 1 is 0.579 bits per heavy atom. The Kier molecular flexibility index (Phi) is 5.95. The lowest BCUT2D eigenvalue weighted by Gasteiger charge is -2.23. The number of aryl methyl sites for hydroxylation is 6. The lowest BCUT2D eigenvalue weighted by atomic mass is 9.81.